The zero-order valence-electron chi connectivity index (χ0n) is 8.61. The number of rotatable bonds is 3. The van der Waals surface area contributed by atoms with Crippen molar-refractivity contribution in [3.8, 4) is 11.3 Å². The second-order valence-electron chi connectivity index (χ2n) is 3.40. The van der Waals surface area contributed by atoms with Crippen LogP contribution in [0.25, 0.3) is 16.2 Å². The molecular weight excluding hydrogens is 205 g/mol. The zero-order chi connectivity index (χ0) is 11.4. The third-order valence-corrected chi connectivity index (χ3v) is 2.26. The SMILES string of the molecule is [C-]#[N+]CCc1ccc(-c2ccc(F)cc2)o1. The van der Waals surface area contributed by atoms with E-state index in [9.17, 15) is 4.39 Å². The highest BCUT2D eigenvalue weighted by Gasteiger charge is 2.05. The highest BCUT2D eigenvalue weighted by molar-refractivity contribution is 5.57. The molecule has 1 aromatic heterocycles. The molecule has 0 saturated carbocycles. The lowest BCUT2D eigenvalue weighted by Crippen LogP contribution is -1.82. The molecule has 1 heterocycles. The van der Waals surface area contributed by atoms with Crippen LogP contribution < -0.4 is 0 Å². The van der Waals surface area contributed by atoms with Gasteiger partial charge in [0.15, 0.2) is 0 Å². The van der Waals surface area contributed by atoms with Crippen molar-refractivity contribution in [1.82, 2.24) is 0 Å². The standard InChI is InChI=1S/C13H10FNO/c1-15-9-8-12-6-7-13(16-12)10-2-4-11(14)5-3-10/h2-7H,8-9H2. The predicted molar refractivity (Wildman–Crippen MR) is 59.3 cm³/mol. The molecule has 2 rings (SSSR count). The second kappa shape index (κ2) is 4.63. The van der Waals surface area contributed by atoms with Gasteiger partial charge in [-0.1, -0.05) is 0 Å². The lowest BCUT2D eigenvalue weighted by atomic mass is 10.2. The summed E-state index contributed by atoms with van der Waals surface area (Å²) in [6.45, 7) is 7.12. The Balaban J connectivity index is 2.18. The zero-order valence-corrected chi connectivity index (χ0v) is 8.61. The van der Waals surface area contributed by atoms with Crippen LogP contribution in [0.3, 0.4) is 0 Å². The fourth-order valence-corrected chi connectivity index (χ4v) is 1.45. The predicted octanol–water partition coefficient (Wildman–Crippen LogP) is 3.55. The molecule has 0 N–H and O–H groups in total. The molecule has 0 fully saturated rings. The van der Waals surface area contributed by atoms with Gasteiger partial charge in [0.25, 0.3) is 0 Å². The molecule has 0 amide bonds. The first-order valence-corrected chi connectivity index (χ1v) is 4.97. The molecule has 2 nitrogen and oxygen atoms in total. The number of hydrogen-bond donors (Lipinski definition) is 0. The van der Waals surface area contributed by atoms with E-state index >= 15 is 0 Å². The van der Waals surface area contributed by atoms with Gasteiger partial charge in [0.2, 0.25) is 6.54 Å². The van der Waals surface area contributed by atoms with Gasteiger partial charge in [-0.2, -0.15) is 0 Å². The first-order valence-electron chi connectivity index (χ1n) is 4.97. The molecule has 0 radical (unpaired) electrons. The Morgan fingerprint density at radius 2 is 1.88 bits per heavy atom. The van der Waals surface area contributed by atoms with Crippen LogP contribution in [0.2, 0.25) is 0 Å². The number of hydrogen-bond acceptors (Lipinski definition) is 1. The fourth-order valence-electron chi connectivity index (χ4n) is 1.45. The topological polar surface area (TPSA) is 17.5 Å². The van der Waals surface area contributed by atoms with Gasteiger partial charge in [-0.15, -0.1) is 0 Å². The number of benzene rings is 1. The van der Waals surface area contributed by atoms with E-state index in [-0.39, 0.29) is 5.82 Å². The van der Waals surface area contributed by atoms with Gasteiger partial charge < -0.3 is 9.26 Å². The van der Waals surface area contributed by atoms with Crippen molar-refractivity contribution in [3.05, 3.63) is 59.4 Å². The quantitative estimate of drug-likeness (QED) is 0.716. The maximum absolute atomic E-state index is 12.7. The molecule has 80 valence electrons. The molecule has 0 aliphatic carbocycles. The first kappa shape index (κ1) is 10.4. The summed E-state index contributed by atoms with van der Waals surface area (Å²) in [6.07, 6.45) is 0.616. The van der Waals surface area contributed by atoms with Crippen LogP contribution in [0.15, 0.2) is 40.8 Å². The molecule has 0 aliphatic heterocycles. The molecule has 1 aromatic carbocycles. The summed E-state index contributed by atoms with van der Waals surface area (Å²) in [7, 11) is 0. The highest BCUT2D eigenvalue weighted by atomic mass is 19.1. The van der Waals surface area contributed by atoms with Crippen molar-refractivity contribution in [2.24, 2.45) is 0 Å². The molecular formula is C13H10FNO. The highest BCUT2D eigenvalue weighted by Crippen LogP contribution is 2.22. The summed E-state index contributed by atoms with van der Waals surface area (Å²) in [4.78, 5) is 3.26. The van der Waals surface area contributed by atoms with E-state index in [1.807, 2.05) is 12.1 Å². The molecule has 0 saturated heterocycles. The number of nitrogens with zero attached hydrogens (tertiary/aromatic N) is 1. The molecule has 2 aromatic rings. The van der Waals surface area contributed by atoms with Crippen molar-refractivity contribution < 1.29 is 8.81 Å². The van der Waals surface area contributed by atoms with Gasteiger partial charge in [0, 0.05) is 5.56 Å². The van der Waals surface area contributed by atoms with E-state index in [4.69, 9.17) is 11.0 Å². The van der Waals surface area contributed by atoms with Crippen LogP contribution in [-0.2, 0) is 6.42 Å². The number of halogens is 1. The Bertz CT molecular complexity index is 507. The Morgan fingerprint density at radius 1 is 1.12 bits per heavy atom. The maximum atomic E-state index is 12.7. The smallest absolute Gasteiger partial charge is 0.221 e. The van der Waals surface area contributed by atoms with E-state index in [1.54, 1.807) is 12.1 Å². The molecule has 0 atom stereocenters. The fraction of sp³-hybridized carbons (Fsp3) is 0.154. The summed E-state index contributed by atoms with van der Waals surface area (Å²) in [5.74, 6) is 1.24. The van der Waals surface area contributed by atoms with Crippen LogP contribution in [0, 0.1) is 12.4 Å². The Labute approximate surface area is 93.1 Å². The first-order chi connectivity index (χ1) is 7.79. The van der Waals surface area contributed by atoms with E-state index in [0.29, 0.717) is 18.7 Å². The maximum Gasteiger partial charge on any atom is 0.221 e. The lowest BCUT2D eigenvalue weighted by Gasteiger charge is -1.96. The third kappa shape index (κ3) is 2.29. The van der Waals surface area contributed by atoms with E-state index in [2.05, 4.69) is 4.85 Å². The molecule has 16 heavy (non-hydrogen) atoms. The van der Waals surface area contributed by atoms with Crippen molar-refractivity contribution in [2.75, 3.05) is 6.54 Å². The van der Waals surface area contributed by atoms with Crippen molar-refractivity contribution in [1.29, 1.82) is 0 Å². The van der Waals surface area contributed by atoms with Crippen LogP contribution >= 0.6 is 0 Å². The number of furan rings is 1. The summed E-state index contributed by atoms with van der Waals surface area (Å²) in [5, 5.41) is 0. The monoisotopic (exact) mass is 215 g/mol. The van der Waals surface area contributed by atoms with E-state index < -0.39 is 0 Å². The van der Waals surface area contributed by atoms with Gasteiger partial charge in [-0.3, -0.25) is 0 Å². The third-order valence-electron chi connectivity index (χ3n) is 2.26. The summed E-state index contributed by atoms with van der Waals surface area (Å²) < 4.78 is 18.3. The molecule has 0 unspecified atom stereocenters. The molecule has 0 bridgehead atoms. The van der Waals surface area contributed by atoms with Gasteiger partial charge in [0.05, 0.1) is 6.42 Å². The van der Waals surface area contributed by atoms with Crippen LogP contribution in [0.1, 0.15) is 5.76 Å². The summed E-state index contributed by atoms with van der Waals surface area (Å²) >= 11 is 0. The average molecular weight is 215 g/mol. The Kier molecular flexibility index (Phi) is 3.02. The largest absolute Gasteiger partial charge is 0.461 e. The van der Waals surface area contributed by atoms with Crippen LogP contribution in [0.4, 0.5) is 4.39 Å². The Hall–Kier alpha value is -2.08. The summed E-state index contributed by atoms with van der Waals surface area (Å²) in [6, 6.07) is 9.84. The van der Waals surface area contributed by atoms with Gasteiger partial charge in [0.1, 0.15) is 17.3 Å². The minimum Gasteiger partial charge on any atom is -0.461 e. The van der Waals surface area contributed by atoms with Crippen molar-refractivity contribution in [2.45, 2.75) is 6.42 Å². The molecule has 0 spiro atoms. The minimum atomic E-state index is -0.261. The van der Waals surface area contributed by atoms with Gasteiger partial charge in [-0.25, -0.2) is 11.0 Å². The summed E-state index contributed by atoms with van der Waals surface area (Å²) in [5.41, 5.74) is 0.843. The minimum absolute atomic E-state index is 0.261. The van der Waals surface area contributed by atoms with Crippen molar-refractivity contribution >= 4 is 0 Å². The van der Waals surface area contributed by atoms with Crippen molar-refractivity contribution in [3.63, 3.8) is 0 Å². The lowest BCUT2D eigenvalue weighted by molar-refractivity contribution is 0.527. The van der Waals surface area contributed by atoms with Gasteiger partial charge in [-0.05, 0) is 36.4 Å². The van der Waals surface area contributed by atoms with Gasteiger partial charge >= 0.3 is 0 Å². The average Bonchev–Trinajstić information content (AvgIpc) is 2.76. The van der Waals surface area contributed by atoms with Crippen LogP contribution in [-0.4, -0.2) is 6.54 Å². The molecule has 0 aliphatic rings. The van der Waals surface area contributed by atoms with E-state index in [0.717, 1.165) is 11.3 Å². The normalized spacial score (nSPS) is 10.0. The van der Waals surface area contributed by atoms with Crippen LogP contribution in [0.5, 0.6) is 0 Å². The molecule has 3 heteroatoms. The second-order valence-corrected chi connectivity index (χ2v) is 3.40. The Morgan fingerprint density at radius 3 is 2.56 bits per heavy atom. The van der Waals surface area contributed by atoms with E-state index in [1.165, 1.54) is 12.1 Å².